The van der Waals surface area contributed by atoms with Crippen molar-refractivity contribution in [3.8, 4) is 0 Å². The Hall–Kier alpha value is -2.57. The second kappa shape index (κ2) is 9.66. The smallest absolute Gasteiger partial charge is 0.407 e. The third-order valence-electron chi connectivity index (χ3n) is 3.03. The number of benzene rings is 1. The quantitative estimate of drug-likeness (QED) is 0.654. The third-order valence-corrected chi connectivity index (χ3v) is 3.03. The molecule has 0 heterocycles. The zero-order chi connectivity index (χ0) is 18.9. The molecule has 25 heavy (non-hydrogen) atoms. The lowest BCUT2D eigenvalue weighted by atomic mass is 10.1. The van der Waals surface area contributed by atoms with Crippen LogP contribution in [0.1, 0.15) is 43.1 Å². The summed E-state index contributed by atoms with van der Waals surface area (Å²) >= 11 is 0. The second-order valence-corrected chi connectivity index (χ2v) is 6.65. The van der Waals surface area contributed by atoms with Crippen molar-refractivity contribution in [1.82, 2.24) is 16.0 Å². The normalized spacial score (nSPS) is 10.7. The maximum absolute atomic E-state index is 11.9. The van der Waals surface area contributed by atoms with Gasteiger partial charge in [0.15, 0.2) is 0 Å². The van der Waals surface area contributed by atoms with Crippen molar-refractivity contribution in [2.45, 2.75) is 39.7 Å². The first-order valence-electron chi connectivity index (χ1n) is 8.26. The molecule has 0 aliphatic heterocycles. The average molecular weight is 349 g/mol. The molecule has 138 valence electrons. The van der Waals surface area contributed by atoms with Crippen LogP contribution in [0.2, 0.25) is 0 Å². The van der Waals surface area contributed by atoms with Crippen LogP contribution in [0.15, 0.2) is 24.3 Å². The maximum atomic E-state index is 11.9. The number of rotatable bonds is 7. The minimum Gasteiger partial charge on any atom is -0.444 e. The molecule has 7 nitrogen and oxygen atoms in total. The monoisotopic (exact) mass is 349 g/mol. The second-order valence-electron chi connectivity index (χ2n) is 6.65. The molecule has 1 aromatic carbocycles. The highest BCUT2D eigenvalue weighted by Gasteiger charge is 2.15. The minimum atomic E-state index is -0.568. The van der Waals surface area contributed by atoms with Crippen molar-refractivity contribution in [3.63, 3.8) is 0 Å². The Morgan fingerprint density at radius 2 is 1.68 bits per heavy atom. The van der Waals surface area contributed by atoms with E-state index in [1.807, 2.05) is 19.1 Å². The lowest BCUT2D eigenvalue weighted by molar-refractivity contribution is -0.120. The molecule has 0 aliphatic rings. The number of amides is 3. The predicted octanol–water partition coefficient (Wildman–Crippen LogP) is 1.76. The number of hydrogen-bond donors (Lipinski definition) is 3. The SMILES string of the molecule is Cc1cccc(C(=O)NCCNC(=O)CCNC(=O)OC(C)(C)C)c1. The zero-order valence-electron chi connectivity index (χ0n) is 15.3. The number of alkyl carbamates (subject to hydrolysis) is 1. The summed E-state index contributed by atoms with van der Waals surface area (Å²) in [6, 6.07) is 7.28. The highest BCUT2D eigenvalue weighted by Crippen LogP contribution is 2.06. The molecule has 0 aromatic heterocycles. The van der Waals surface area contributed by atoms with Crippen LogP contribution >= 0.6 is 0 Å². The summed E-state index contributed by atoms with van der Waals surface area (Å²) in [4.78, 5) is 35.0. The summed E-state index contributed by atoms with van der Waals surface area (Å²) < 4.78 is 5.07. The summed E-state index contributed by atoms with van der Waals surface area (Å²) in [7, 11) is 0. The van der Waals surface area contributed by atoms with E-state index in [0.717, 1.165) is 5.56 Å². The standard InChI is InChI=1S/C18H27N3O4/c1-13-6-5-7-14(12-13)16(23)20-11-10-19-15(22)8-9-21-17(24)25-18(2,3)4/h5-7,12H,8-11H2,1-4H3,(H,19,22)(H,20,23)(H,21,24). The number of aryl methyl sites for hydroxylation is 1. The Morgan fingerprint density at radius 1 is 1.00 bits per heavy atom. The van der Waals surface area contributed by atoms with E-state index in [0.29, 0.717) is 18.7 Å². The molecule has 0 saturated heterocycles. The van der Waals surface area contributed by atoms with Gasteiger partial charge in [-0.2, -0.15) is 0 Å². The minimum absolute atomic E-state index is 0.144. The van der Waals surface area contributed by atoms with Crippen molar-refractivity contribution in [1.29, 1.82) is 0 Å². The fourth-order valence-corrected chi connectivity index (χ4v) is 1.95. The van der Waals surface area contributed by atoms with E-state index in [9.17, 15) is 14.4 Å². The van der Waals surface area contributed by atoms with Crippen molar-refractivity contribution < 1.29 is 19.1 Å². The largest absolute Gasteiger partial charge is 0.444 e. The van der Waals surface area contributed by atoms with Gasteiger partial charge in [-0.15, -0.1) is 0 Å². The molecule has 0 aliphatic carbocycles. The Morgan fingerprint density at radius 3 is 2.32 bits per heavy atom. The van der Waals surface area contributed by atoms with E-state index < -0.39 is 11.7 Å². The number of carbonyl (C=O) groups is 3. The van der Waals surface area contributed by atoms with Gasteiger partial charge in [0, 0.05) is 31.6 Å². The molecule has 3 amide bonds. The van der Waals surface area contributed by atoms with Crippen molar-refractivity contribution >= 4 is 17.9 Å². The van der Waals surface area contributed by atoms with Crippen LogP contribution in [0.25, 0.3) is 0 Å². The molecule has 0 fully saturated rings. The third kappa shape index (κ3) is 9.34. The van der Waals surface area contributed by atoms with Gasteiger partial charge in [0.25, 0.3) is 5.91 Å². The topological polar surface area (TPSA) is 96.5 Å². The number of carbonyl (C=O) groups excluding carboxylic acids is 3. The van der Waals surface area contributed by atoms with E-state index in [1.165, 1.54) is 0 Å². The Labute approximate surface area is 148 Å². The van der Waals surface area contributed by atoms with Crippen LogP contribution in [0.4, 0.5) is 4.79 Å². The molecular weight excluding hydrogens is 322 g/mol. The van der Waals surface area contributed by atoms with Gasteiger partial charge in [-0.3, -0.25) is 9.59 Å². The van der Waals surface area contributed by atoms with Crippen molar-refractivity contribution in [2.75, 3.05) is 19.6 Å². The van der Waals surface area contributed by atoms with Gasteiger partial charge in [0.05, 0.1) is 0 Å². The first-order valence-corrected chi connectivity index (χ1v) is 8.26. The fourth-order valence-electron chi connectivity index (χ4n) is 1.95. The summed E-state index contributed by atoms with van der Waals surface area (Å²) in [6.45, 7) is 8.07. The molecule has 0 unspecified atom stereocenters. The highest BCUT2D eigenvalue weighted by atomic mass is 16.6. The van der Waals surface area contributed by atoms with Gasteiger partial charge in [0.2, 0.25) is 5.91 Å². The van der Waals surface area contributed by atoms with Crippen LogP contribution in [0.5, 0.6) is 0 Å². The van der Waals surface area contributed by atoms with Gasteiger partial charge in [-0.25, -0.2) is 4.79 Å². The zero-order valence-corrected chi connectivity index (χ0v) is 15.3. The molecule has 7 heteroatoms. The van der Waals surface area contributed by atoms with Gasteiger partial charge < -0.3 is 20.7 Å². The van der Waals surface area contributed by atoms with Crippen molar-refractivity contribution in [3.05, 3.63) is 35.4 Å². The Balaban J connectivity index is 2.14. The van der Waals surface area contributed by atoms with Crippen LogP contribution < -0.4 is 16.0 Å². The summed E-state index contributed by atoms with van der Waals surface area (Å²) in [6.07, 6.45) is -0.406. The Bertz CT molecular complexity index is 609. The first-order chi connectivity index (χ1) is 11.7. The molecular formula is C18H27N3O4. The molecule has 1 aromatic rings. The van der Waals surface area contributed by atoms with Gasteiger partial charge in [-0.1, -0.05) is 17.7 Å². The van der Waals surface area contributed by atoms with Gasteiger partial charge in [0.1, 0.15) is 5.60 Å². The molecule has 1 rings (SSSR count). The number of ether oxygens (including phenoxy) is 1. The van der Waals surface area contributed by atoms with E-state index in [4.69, 9.17) is 4.74 Å². The van der Waals surface area contributed by atoms with Crippen LogP contribution in [0.3, 0.4) is 0 Å². The summed E-state index contributed by atoms with van der Waals surface area (Å²) in [5.74, 6) is -0.384. The predicted molar refractivity (Wildman–Crippen MR) is 95.4 cm³/mol. The lowest BCUT2D eigenvalue weighted by Crippen LogP contribution is -2.37. The van der Waals surface area contributed by atoms with Gasteiger partial charge in [-0.05, 0) is 39.8 Å². The number of hydrogen-bond acceptors (Lipinski definition) is 4. The molecule has 0 spiro atoms. The maximum Gasteiger partial charge on any atom is 0.407 e. The fraction of sp³-hybridized carbons (Fsp3) is 0.500. The summed E-state index contributed by atoms with van der Waals surface area (Å²) in [5.41, 5.74) is 1.04. The van der Waals surface area contributed by atoms with Crippen molar-refractivity contribution in [2.24, 2.45) is 0 Å². The first kappa shape index (κ1) is 20.5. The van der Waals surface area contributed by atoms with Crippen LogP contribution in [-0.4, -0.2) is 43.1 Å². The van der Waals surface area contributed by atoms with E-state index in [1.54, 1.807) is 32.9 Å². The molecule has 0 saturated carbocycles. The lowest BCUT2D eigenvalue weighted by Gasteiger charge is -2.19. The van der Waals surface area contributed by atoms with Gasteiger partial charge >= 0.3 is 6.09 Å². The Kier molecular flexibility index (Phi) is 7.91. The number of nitrogens with one attached hydrogen (secondary N) is 3. The van der Waals surface area contributed by atoms with Crippen LogP contribution in [-0.2, 0) is 9.53 Å². The molecule has 3 N–H and O–H groups in total. The molecule has 0 radical (unpaired) electrons. The molecule has 0 atom stereocenters. The average Bonchev–Trinajstić information content (AvgIpc) is 2.49. The molecule has 0 bridgehead atoms. The highest BCUT2D eigenvalue weighted by molar-refractivity contribution is 5.94. The van der Waals surface area contributed by atoms with Crippen LogP contribution in [0, 0.1) is 6.92 Å². The van der Waals surface area contributed by atoms with E-state index >= 15 is 0 Å². The summed E-state index contributed by atoms with van der Waals surface area (Å²) in [5, 5.41) is 7.93. The van der Waals surface area contributed by atoms with E-state index in [2.05, 4.69) is 16.0 Å². The van der Waals surface area contributed by atoms with E-state index in [-0.39, 0.29) is 24.8 Å².